The summed E-state index contributed by atoms with van der Waals surface area (Å²) >= 11 is 8.41. The number of unbranched alkanes of at least 4 members (excludes halogenated alkanes) is 6. The van der Waals surface area contributed by atoms with E-state index in [0.717, 1.165) is 55.5 Å². The van der Waals surface area contributed by atoms with Gasteiger partial charge in [0.15, 0.2) is 0 Å². The molecule has 0 heterocycles. The van der Waals surface area contributed by atoms with Gasteiger partial charge in [-0.2, -0.15) is 0 Å². The maximum atomic E-state index is 6.27. The zero-order valence-electron chi connectivity index (χ0n) is 52.1. The third-order valence-corrected chi connectivity index (χ3v) is 20.1. The number of benzene rings is 15. The van der Waals surface area contributed by atoms with E-state index in [9.17, 15) is 0 Å². The lowest BCUT2D eigenvalue weighted by atomic mass is 9.72. The van der Waals surface area contributed by atoms with Crippen molar-refractivity contribution in [2.24, 2.45) is 0 Å². The maximum Gasteiger partial charge on any atom is 0.119 e. The minimum atomic E-state index is 0.444. The van der Waals surface area contributed by atoms with Gasteiger partial charge in [0.05, 0.1) is 66.1 Å². The Morgan fingerprint density at radius 3 is 0.822 bits per heavy atom. The second-order valence-electron chi connectivity index (χ2n) is 24.8. The van der Waals surface area contributed by atoms with E-state index in [1.54, 1.807) is 14.2 Å². The summed E-state index contributed by atoms with van der Waals surface area (Å²) in [6.07, 6.45) is 11.9. The second-order valence-corrected chi connectivity index (χ2v) is 26.7. The Morgan fingerprint density at radius 2 is 0.533 bits per heavy atom. The van der Waals surface area contributed by atoms with Crippen LogP contribution in [0.2, 0.25) is 0 Å². The van der Waals surface area contributed by atoms with Gasteiger partial charge in [0.25, 0.3) is 0 Å². The summed E-state index contributed by atoms with van der Waals surface area (Å²) in [5.41, 5.74) is 7.45. The Morgan fingerprint density at radius 1 is 0.267 bits per heavy atom. The molecule has 0 aliphatic rings. The average Bonchev–Trinajstić information content (AvgIpc) is 0.645. The van der Waals surface area contributed by atoms with Gasteiger partial charge in [-0.05, 0) is 261 Å². The Balaban J connectivity index is 0.982. The normalized spacial score (nSPS) is 12.7. The summed E-state index contributed by atoms with van der Waals surface area (Å²) in [5.74, 6) is 1.62. The van der Waals surface area contributed by atoms with E-state index in [4.69, 9.17) is 37.9 Å². The average molecular weight is 1330 g/mol. The van der Waals surface area contributed by atoms with Crippen molar-refractivity contribution in [3.05, 3.63) is 141 Å². The first-order valence-electron chi connectivity index (χ1n) is 32.8. The molecule has 8 nitrogen and oxygen atoms in total. The minimum absolute atomic E-state index is 0.444. The van der Waals surface area contributed by atoms with E-state index in [-0.39, 0.29) is 0 Å². The monoisotopic (exact) mass is 1320 g/mol. The summed E-state index contributed by atoms with van der Waals surface area (Å²) in [5, 5.41) is 32.4. The van der Waals surface area contributed by atoms with E-state index < -0.39 is 0 Å². The molecule has 15 rings (SSSR count). The molecule has 0 aliphatic heterocycles. The van der Waals surface area contributed by atoms with Crippen LogP contribution >= 0.6 is 31.9 Å². The zero-order chi connectivity index (χ0) is 61.0. The van der Waals surface area contributed by atoms with Crippen molar-refractivity contribution in [2.75, 3.05) is 93.5 Å². The van der Waals surface area contributed by atoms with Gasteiger partial charge in [0.1, 0.15) is 24.7 Å². The molecule has 0 saturated heterocycles. The number of fused-ring (bicyclic) bond motifs is 6. The van der Waals surface area contributed by atoms with Crippen molar-refractivity contribution < 1.29 is 37.9 Å². The smallest absolute Gasteiger partial charge is 0.119 e. The molecular weight excluding hydrogens is 1250 g/mol. The second kappa shape index (κ2) is 25.8. The Bertz CT molecular complexity index is 4670. The summed E-state index contributed by atoms with van der Waals surface area (Å²) in [6.45, 7) is 10.8. The Hall–Kier alpha value is -6.70. The van der Waals surface area contributed by atoms with Gasteiger partial charge >= 0.3 is 0 Å². The standard InChI is InChI=1S/C80H76Br2O8/c1-5-7-9-11-13-47-35-57-58-36-48(14-12-10-8-6-2)38-60-66-44-54(82)46-68-64-42-52(50-17-21-56(22-18-50)90-34-32-88-30-28-86-26-24-84-4)40-62-61-39-51(49-15-19-55(20-16-49)89-33-31-87-29-27-85-25-23-83-3)41-63-67-45-53(81)43-65-59(37-47)69(57)75-76(70(58)60)80(74(66)68)78(72(62)64)77(71(61)63)79(75)73(65)67/h15-22,35-46H,5-14,23-34H2,1-4H3. The lowest BCUT2D eigenvalue weighted by molar-refractivity contribution is 0.0180. The summed E-state index contributed by atoms with van der Waals surface area (Å²) in [4.78, 5) is 0. The van der Waals surface area contributed by atoms with Crippen molar-refractivity contribution >= 4 is 161 Å². The molecule has 90 heavy (non-hydrogen) atoms. The quantitative estimate of drug-likeness (QED) is 0.0235. The summed E-state index contributed by atoms with van der Waals surface area (Å²) < 4.78 is 47.8. The highest BCUT2D eigenvalue weighted by Crippen LogP contribution is 2.61. The van der Waals surface area contributed by atoms with Crippen LogP contribution in [0.15, 0.2) is 130 Å². The molecule has 0 N–H and O–H groups in total. The predicted molar refractivity (Wildman–Crippen MR) is 384 cm³/mol. The van der Waals surface area contributed by atoms with E-state index in [2.05, 4.69) is 167 Å². The van der Waals surface area contributed by atoms with Crippen molar-refractivity contribution in [1.29, 1.82) is 0 Å². The van der Waals surface area contributed by atoms with Crippen molar-refractivity contribution in [3.8, 4) is 33.8 Å². The molecule has 15 aromatic rings. The largest absolute Gasteiger partial charge is 0.491 e. The highest BCUT2D eigenvalue weighted by molar-refractivity contribution is 9.10. The van der Waals surface area contributed by atoms with E-state index >= 15 is 0 Å². The molecule has 0 aliphatic carbocycles. The molecule has 15 aromatic carbocycles. The van der Waals surface area contributed by atoms with Crippen LogP contribution in [0.4, 0.5) is 0 Å². The summed E-state index contributed by atoms with van der Waals surface area (Å²) in [7, 11) is 3.36. The van der Waals surface area contributed by atoms with Crippen molar-refractivity contribution in [2.45, 2.75) is 78.1 Å². The van der Waals surface area contributed by atoms with Gasteiger partial charge in [0, 0.05) is 23.2 Å². The molecule has 0 bridgehead atoms. The Labute approximate surface area is 542 Å². The van der Waals surface area contributed by atoms with Gasteiger partial charge in [0.2, 0.25) is 0 Å². The third kappa shape index (κ3) is 10.5. The molecule has 0 saturated carbocycles. The number of halogens is 2. The van der Waals surface area contributed by atoms with Gasteiger partial charge in [-0.15, -0.1) is 0 Å². The van der Waals surface area contributed by atoms with E-state index in [0.29, 0.717) is 79.3 Å². The predicted octanol–water partition coefficient (Wildman–Crippen LogP) is 21.4. The highest BCUT2D eigenvalue weighted by Gasteiger charge is 2.33. The third-order valence-electron chi connectivity index (χ3n) is 19.2. The van der Waals surface area contributed by atoms with Crippen LogP contribution in [-0.4, -0.2) is 93.5 Å². The van der Waals surface area contributed by atoms with Crippen LogP contribution in [0.5, 0.6) is 11.5 Å². The first-order chi connectivity index (χ1) is 44.3. The van der Waals surface area contributed by atoms with Gasteiger partial charge in [-0.1, -0.05) is 133 Å². The topological polar surface area (TPSA) is 73.8 Å². The van der Waals surface area contributed by atoms with Crippen molar-refractivity contribution in [1.82, 2.24) is 0 Å². The lowest BCUT2D eigenvalue weighted by Gasteiger charge is -2.30. The SMILES string of the molecule is CCCCCCc1cc2c3cc(Br)cc4c5cc(-c6ccc(OCCOCCOCCOC)cc6)cc6c7cc(-c8ccc(OCCOCCOCCOC)cc8)cc8c9cc(Br)cc%10c%11cc(CCCCCC)cc%12c(c1)c2c1c(c34)c(c56)c(c87)c(c%109)c1c%11%12. The van der Waals surface area contributed by atoms with Gasteiger partial charge in [-0.3, -0.25) is 0 Å². The Kier molecular flexibility index (Phi) is 17.1. The van der Waals surface area contributed by atoms with Crippen LogP contribution in [0.25, 0.3) is 152 Å². The number of aryl methyl sites for hydroxylation is 2. The van der Waals surface area contributed by atoms with Crippen LogP contribution < -0.4 is 9.47 Å². The fraction of sp³-hybridized carbons (Fsp3) is 0.325. The number of hydrogen-bond acceptors (Lipinski definition) is 8. The highest BCUT2D eigenvalue weighted by atomic mass is 79.9. The van der Waals surface area contributed by atoms with Gasteiger partial charge in [-0.25, -0.2) is 0 Å². The number of methoxy groups -OCH3 is 2. The van der Waals surface area contributed by atoms with Crippen LogP contribution in [0.1, 0.15) is 76.3 Å². The molecule has 10 heteroatoms. The van der Waals surface area contributed by atoms with Crippen molar-refractivity contribution in [3.63, 3.8) is 0 Å². The molecule has 458 valence electrons. The van der Waals surface area contributed by atoms with Crippen LogP contribution in [-0.2, 0) is 41.3 Å². The zero-order valence-corrected chi connectivity index (χ0v) is 55.3. The van der Waals surface area contributed by atoms with Crippen LogP contribution in [0.3, 0.4) is 0 Å². The summed E-state index contributed by atoms with van der Waals surface area (Å²) in [6, 6.07) is 47.5. The van der Waals surface area contributed by atoms with E-state index in [1.807, 2.05) is 0 Å². The maximum absolute atomic E-state index is 6.27. The molecule has 0 radical (unpaired) electrons. The molecule has 0 aromatic heterocycles. The fourth-order valence-corrected chi connectivity index (χ4v) is 16.2. The fourth-order valence-electron chi connectivity index (χ4n) is 15.3. The lowest BCUT2D eigenvalue weighted by Crippen LogP contribution is -2.12. The molecule has 0 unspecified atom stereocenters. The minimum Gasteiger partial charge on any atom is -0.491 e. The number of rotatable bonds is 32. The molecule has 0 fully saturated rings. The molecule has 0 atom stereocenters. The number of hydrogen-bond donors (Lipinski definition) is 0. The first kappa shape index (κ1) is 59.6. The number of ether oxygens (including phenoxy) is 8. The van der Waals surface area contributed by atoms with Crippen LogP contribution in [0, 0.1) is 0 Å². The first-order valence-corrected chi connectivity index (χ1v) is 34.3. The molecule has 0 amide bonds. The van der Waals surface area contributed by atoms with E-state index in [1.165, 1.54) is 192 Å². The molecular formula is C80H76Br2O8. The van der Waals surface area contributed by atoms with Gasteiger partial charge < -0.3 is 37.9 Å². The molecule has 0 spiro atoms.